The Balaban J connectivity index is 1.76. The number of aromatic nitrogens is 1. The molecule has 128 valence electrons. The van der Waals surface area contributed by atoms with E-state index in [2.05, 4.69) is 4.37 Å². The van der Waals surface area contributed by atoms with Crippen molar-refractivity contribution in [2.45, 2.75) is 0 Å². The lowest BCUT2D eigenvalue weighted by Crippen LogP contribution is -2.15. The Kier molecular flexibility index (Phi) is 4.19. The van der Waals surface area contributed by atoms with E-state index in [4.69, 9.17) is 18.9 Å². The van der Waals surface area contributed by atoms with Crippen molar-refractivity contribution in [2.75, 3.05) is 27.4 Å². The summed E-state index contributed by atoms with van der Waals surface area (Å²) >= 11 is 1.42. The highest BCUT2D eigenvalue weighted by molar-refractivity contribution is 7.04. The lowest BCUT2D eigenvalue weighted by atomic mass is 10.0. The molecular weight excluding hydrogens is 338 g/mol. The van der Waals surface area contributed by atoms with Gasteiger partial charge in [-0.15, -0.1) is 0 Å². The van der Waals surface area contributed by atoms with Gasteiger partial charge in [0.1, 0.15) is 13.2 Å². The van der Waals surface area contributed by atoms with Crippen LogP contribution >= 0.6 is 11.5 Å². The fraction of sp³-hybridized carbons (Fsp3) is 0.211. The number of methoxy groups -OCH3 is 2. The fourth-order valence-electron chi connectivity index (χ4n) is 2.84. The SMILES string of the molecule is COc1ccc(-c2nscc2-c2ccc3c(c2)OCCO3)cc1OC. The molecule has 0 radical (unpaired) electrons. The largest absolute Gasteiger partial charge is 0.493 e. The van der Waals surface area contributed by atoms with Gasteiger partial charge in [-0.3, -0.25) is 0 Å². The molecule has 0 atom stereocenters. The van der Waals surface area contributed by atoms with Crippen molar-refractivity contribution < 1.29 is 18.9 Å². The van der Waals surface area contributed by atoms with Crippen LogP contribution in [0.2, 0.25) is 0 Å². The highest BCUT2D eigenvalue weighted by Gasteiger charge is 2.17. The summed E-state index contributed by atoms with van der Waals surface area (Å²) < 4.78 is 26.6. The number of fused-ring (bicyclic) bond motifs is 1. The van der Waals surface area contributed by atoms with Crippen molar-refractivity contribution in [3.63, 3.8) is 0 Å². The van der Waals surface area contributed by atoms with E-state index in [0.29, 0.717) is 24.7 Å². The Morgan fingerprint density at radius 2 is 1.64 bits per heavy atom. The van der Waals surface area contributed by atoms with Crippen LogP contribution < -0.4 is 18.9 Å². The number of ether oxygens (including phenoxy) is 4. The Morgan fingerprint density at radius 3 is 2.44 bits per heavy atom. The second kappa shape index (κ2) is 6.64. The van der Waals surface area contributed by atoms with Crippen LogP contribution in [0, 0.1) is 0 Å². The summed E-state index contributed by atoms with van der Waals surface area (Å²) in [6.07, 6.45) is 0. The third kappa shape index (κ3) is 2.89. The average Bonchev–Trinajstić information content (AvgIpc) is 3.16. The lowest BCUT2D eigenvalue weighted by Gasteiger charge is -2.19. The lowest BCUT2D eigenvalue weighted by molar-refractivity contribution is 0.171. The number of benzene rings is 2. The molecule has 0 bridgehead atoms. The van der Waals surface area contributed by atoms with Crippen molar-refractivity contribution >= 4 is 11.5 Å². The van der Waals surface area contributed by atoms with Gasteiger partial charge in [-0.1, -0.05) is 6.07 Å². The average molecular weight is 355 g/mol. The zero-order chi connectivity index (χ0) is 17.2. The molecule has 0 saturated heterocycles. The second-order valence-corrected chi connectivity index (χ2v) is 6.13. The maximum atomic E-state index is 5.70. The van der Waals surface area contributed by atoms with Crippen LogP contribution in [0.3, 0.4) is 0 Å². The minimum atomic E-state index is 0.570. The molecule has 0 unspecified atom stereocenters. The van der Waals surface area contributed by atoms with Gasteiger partial charge in [0.2, 0.25) is 0 Å². The third-order valence-electron chi connectivity index (χ3n) is 4.08. The highest BCUT2D eigenvalue weighted by Crippen LogP contribution is 2.40. The van der Waals surface area contributed by atoms with Gasteiger partial charge in [-0.2, -0.15) is 4.37 Å². The molecule has 2 aromatic carbocycles. The van der Waals surface area contributed by atoms with Gasteiger partial charge in [0.15, 0.2) is 23.0 Å². The highest BCUT2D eigenvalue weighted by atomic mass is 32.1. The first-order valence-electron chi connectivity index (χ1n) is 7.87. The minimum Gasteiger partial charge on any atom is -0.493 e. The summed E-state index contributed by atoms with van der Waals surface area (Å²) in [4.78, 5) is 0. The van der Waals surface area contributed by atoms with E-state index < -0.39 is 0 Å². The molecule has 0 aliphatic carbocycles. The summed E-state index contributed by atoms with van der Waals surface area (Å²) in [7, 11) is 3.26. The van der Waals surface area contributed by atoms with Gasteiger partial charge in [-0.05, 0) is 47.4 Å². The number of nitrogens with zero attached hydrogens (tertiary/aromatic N) is 1. The Bertz CT molecular complexity index is 852. The Morgan fingerprint density at radius 1 is 0.880 bits per heavy atom. The van der Waals surface area contributed by atoms with Gasteiger partial charge < -0.3 is 18.9 Å². The van der Waals surface area contributed by atoms with E-state index in [-0.39, 0.29) is 0 Å². The van der Waals surface area contributed by atoms with Crippen LogP contribution in [0.4, 0.5) is 0 Å². The van der Waals surface area contributed by atoms with Crippen LogP contribution in [0.15, 0.2) is 41.8 Å². The van der Waals surface area contributed by atoms with Gasteiger partial charge >= 0.3 is 0 Å². The summed E-state index contributed by atoms with van der Waals surface area (Å²) in [6.45, 7) is 1.16. The van der Waals surface area contributed by atoms with E-state index in [1.54, 1.807) is 14.2 Å². The van der Waals surface area contributed by atoms with Crippen molar-refractivity contribution in [2.24, 2.45) is 0 Å². The summed E-state index contributed by atoms with van der Waals surface area (Å²) in [5, 5.41) is 2.04. The molecule has 2 heterocycles. The smallest absolute Gasteiger partial charge is 0.161 e. The van der Waals surface area contributed by atoms with E-state index >= 15 is 0 Å². The number of hydrogen-bond acceptors (Lipinski definition) is 6. The monoisotopic (exact) mass is 355 g/mol. The second-order valence-electron chi connectivity index (χ2n) is 5.51. The standard InChI is InChI=1S/C19H17NO4S/c1-21-15-5-4-13(10-17(15)22-2)19-14(11-25-20-19)12-3-6-16-18(9-12)24-8-7-23-16/h3-6,9-11H,7-8H2,1-2H3. The summed E-state index contributed by atoms with van der Waals surface area (Å²) in [5.74, 6) is 2.93. The molecule has 0 N–H and O–H groups in total. The van der Waals surface area contributed by atoms with Crippen molar-refractivity contribution in [3.8, 4) is 45.4 Å². The van der Waals surface area contributed by atoms with Gasteiger partial charge in [-0.25, -0.2) is 0 Å². The molecular formula is C19H17NO4S. The van der Waals surface area contributed by atoms with Gasteiger partial charge in [0.25, 0.3) is 0 Å². The molecule has 6 heteroatoms. The van der Waals surface area contributed by atoms with E-state index in [1.807, 2.05) is 41.8 Å². The van der Waals surface area contributed by atoms with Crippen LogP contribution in [-0.2, 0) is 0 Å². The minimum absolute atomic E-state index is 0.570. The van der Waals surface area contributed by atoms with Crippen LogP contribution in [0.5, 0.6) is 23.0 Å². The van der Waals surface area contributed by atoms with E-state index in [9.17, 15) is 0 Å². The van der Waals surface area contributed by atoms with Crippen molar-refractivity contribution in [3.05, 3.63) is 41.8 Å². The van der Waals surface area contributed by atoms with E-state index in [0.717, 1.165) is 33.9 Å². The van der Waals surface area contributed by atoms with Crippen molar-refractivity contribution in [1.29, 1.82) is 0 Å². The molecule has 3 aromatic rings. The first-order valence-corrected chi connectivity index (χ1v) is 8.70. The maximum Gasteiger partial charge on any atom is 0.161 e. The maximum absolute atomic E-state index is 5.70. The normalized spacial score (nSPS) is 12.7. The Labute approximate surface area is 149 Å². The molecule has 0 saturated carbocycles. The first-order chi connectivity index (χ1) is 12.3. The quantitative estimate of drug-likeness (QED) is 0.700. The zero-order valence-corrected chi connectivity index (χ0v) is 14.8. The molecule has 4 rings (SSSR count). The number of hydrogen-bond donors (Lipinski definition) is 0. The molecule has 0 fully saturated rings. The van der Waals surface area contributed by atoms with Crippen molar-refractivity contribution in [1.82, 2.24) is 4.37 Å². The molecule has 5 nitrogen and oxygen atoms in total. The predicted octanol–water partition coefficient (Wildman–Crippen LogP) is 4.27. The zero-order valence-electron chi connectivity index (χ0n) is 13.9. The summed E-state index contributed by atoms with van der Waals surface area (Å²) in [5.41, 5.74) is 3.98. The molecule has 1 aliphatic rings. The van der Waals surface area contributed by atoms with Crippen LogP contribution in [0.25, 0.3) is 22.4 Å². The molecule has 25 heavy (non-hydrogen) atoms. The topological polar surface area (TPSA) is 49.8 Å². The Hall–Kier alpha value is -2.73. The van der Waals surface area contributed by atoms with Gasteiger partial charge in [0, 0.05) is 16.5 Å². The van der Waals surface area contributed by atoms with Crippen LogP contribution in [0.1, 0.15) is 0 Å². The van der Waals surface area contributed by atoms with Crippen LogP contribution in [-0.4, -0.2) is 31.8 Å². The molecule has 1 aliphatic heterocycles. The third-order valence-corrected chi connectivity index (χ3v) is 4.71. The first kappa shape index (κ1) is 15.8. The van der Waals surface area contributed by atoms with Gasteiger partial charge in [0.05, 0.1) is 19.9 Å². The molecule has 0 spiro atoms. The fourth-order valence-corrected chi connectivity index (χ4v) is 3.56. The van der Waals surface area contributed by atoms with E-state index in [1.165, 1.54) is 11.5 Å². The molecule has 0 amide bonds. The molecule has 1 aromatic heterocycles. The number of rotatable bonds is 4. The predicted molar refractivity (Wildman–Crippen MR) is 97.1 cm³/mol. The summed E-state index contributed by atoms with van der Waals surface area (Å²) in [6, 6.07) is 11.8.